The van der Waals surface area contributed by atoms with E-state index in [1.165, 1.54) is 35.7 Å². The molecule has 2 aromatic rings. The first-order valence-electron chi connectivity index (χ1n) is 6.53. The summed E-state index contributed by atoms with van der Waals surface area (Å²) >= 11 is 0. The molecule has 2 heteroatoms. The van der Waals surface area contributed by atoms with Crippen LogP contribution in [-0.4, -0.2) is 11.5 Å². The number of nitrogens with one attached hydrogen (secondary N) is 2. The van der Waals surface area contributed by atoms with Gasteiger partial charge in [0, 0.05) is 24.8 Å². The third-order valence-electron chi connectivity index (χ3n) is 4.10. The molecule has 0 atom stereocenters. The van der Waals surface area contributed by atoms with Crippen LogP contribution in [0.4, 0.5) is 0 Å². The molecule has 2 nitrogen and oxygen atoms in total. The van der Waals surface area contributed by atoms with Gasteiger partial charge in [0.2, 0.25) is 0 Å². The average molecular weight is 228 g/mol. The van der Waals surface area contributed by atoms with Crippen molar-refractivity contribution >= 4 is 10.9 Å². The number of rotatable bonds is 4. The van der Waals surface area contributed by atoms with Gasteiger partial charge in [0.05, 0.1) is 0 Å². The molecule has 1 aliphatic carbocycles. The molecule has 0 aliphatic heterocycles. The van der Waals surface area contributed by atoms with Gasteiger partial charge in [-0.25, -0.2) is 0 Å². The molecule has 1 aliphatic rings. The summed E-state index contributed by atoms with van der Waals surface area (Å²) in [6, 6.07) is 8.63. The van der Waals surface area contributed by atoms with Gasteiger partial charge in [0.15, 0.2) is 0 Å². The summed E-state index contributed by atoms with van der Waals surface area (Å²) in [6.45, 7) is 4.50. The average Bonchev–Trinajstić information content (AvgIpc) is 2.75. The normalized spacial score (nSPS) is 18.2. The Kier molecular flexibility index (Phi) is 2.67. The van der Waals surface area contributed by atoms with Crippen LogP contribution in [0.15, 0.2) is 30.5 Å². The van der Waals surface area contributed by atoms with Crippen molar-refractivity contribution in [1.29, 1.82) is 0 Å². The molecular weight excluding hydrogens is 208 g/mol. The molecule has 0 radical (unpaired) electrons. The maximum absolute atomic E-state index is 3.61. The number of aromatic amines is 1. The van der Waals surface area contributed by atoms with E-state index in [9.17, 15) is 0 Å². The van der Waals surface area contributed by atoms with E-state index in [4.69, 9.17) is 0 Å². The smallest absolute Gasteiger partial charge is 0.0499 e. The van der Waals surface area contributed by atoms with Gasteiger partial charge in [-0.3, -0.25) is 0 Å². The molecule has 3 rings (SSSR count). The van der Waals surface area contributed by atoms with E-state index in [-0.39, 0.29) is 0 Å². The summed E-state index contributed by atoms with van der Waals surface area (Å²) in [4.78, 5) is 3.32. The Labute approximate surface area is 102 Å². The fourth-order valence-corrected chi connectivity index (χ4v) is 2.75. The number of hydrogen-bond donors (Lipinski definition) is 2. The van der Waals surface area contributed by atoms with Crippen LogP contribution in [0.2, 0.25) is 0 Å². The lowest BCUT2D eigenvalue weighted by atomic mass is 9.70. The van der Waals surface area contributed by atoms with E-state index in [1.54, 1.807) is 0 Å². The zero-order valence-corrected chi connectivity index (χ0v) is 10.4. The summed E-state index contributed by atoms with van der Waals surface area (Å²) in [7, 11) is 0. The first-order valence-corrected chi connectivity index (χ1v) is 6.53. The van der Waals surface area contributed by atoms with Crippen molar-refractivity contribution in [3.63, 3.8) is 0 Å². The zero-order valence-electron chi connectivity index (χ0n) is 10.4. The fourth-order valence-electron chi connectivity index (χ4n) is 2.75. The lowest BCUT2D eigenvalue weighted by Crippen LogP contribution is -2.36. The van der Waals surface area contributed by atoms with Crippen LogP contribution in [-0.2, 0) is 6.54 Å². The lowest BCUT2D eigenvalue weighted by Gasteiger charge is -2.38. The highest BCUT2D eigenvalue weighted by molar-refractivity contribution is 5.82. The Morgan fingerprint density at radius 1 is 1.29 bits per heavy atom. The minimum absolute atomic E-state index is 0.559. The Hall–Kier alpha value is -1.28. The van der Waals surface area contributed by atoms with Crippen LogP contribution in [0.1, 0.15) is 31.7 Å². The summed E-state index contributed by atoms with van der Waals surface area (Å²) in [5.74, 6) is 0. The number of aromatic nitrogens is 1. The Bertz CT molecular complexity index is 508. The van der Waals surface area contributed by atoms with E-state index >= 15 is 0 Å². The molecule has 1 fully saturated rings. The molecule has 0 spiro atoms. The van der Waals surface area contributed by atoms with Crippen molar-refractivity contribution in [3.05, 3.63) is 36.0 Å². The molecule has 0 unspecified atom stereocenters. The topological polar surface area (TPSA) is 27.8 Å². The number of fused-ring (bicyclic) bond motifs is 1. The predicted octanol–water partition coefficient (Wildman–Crippen LogP) is 3.45. The quantitative estimate of drug-likeness (QED) is 0.824. The minimum Gasteiger partial charge on any atom is -0.361 e. The summed E-state index contributed by atoms with van der Waals surface area (Å²) in [5, 5.41) is 4.91. The highest BCUT2D eigenvalue weighted by Crippen LogP contribution is 2.39. The minimum atomic E-state index is 0.559. The SMILES string of the molecule is CC1(CNCc2cccc3cc[nH]c23)CCC1. The van der Waals surface area contributed by atoms with Crippen molar-refractivity contribution in [3.8, 4) is 0 Å². The Balaban J connectivity index is 1.66. The Morgan fingerprint density at radius 2 is 2.18 bits per heavy atom. The standard InChI is InChI=1S/C15H20N2/c1-15(7-3-8-15)11-16-10-13-5-2-4-12-6-9-17-14(12)13/h2,4-6,9,16-17H,3,7-8,10-11H2,1H3. The highest BCUT2D eigenvalue weighted by atomic mass is 14.9. The molecule has 0 bridgehead atoms. The first-order chi connectivity index (χ1) is 8.27. The molecule has 0 amide bonds. The zero-order chi connectivity index (χ0) is 11.7. The van der Waals surface area contributed by atoms with Crippen LogP contribution in [0.25, 0.3) is 10.9 Å². The number of H-pyrrole nitrogens is 1. The van der Waals surface area contributed by atoms with Gasteiger partial charge < -0.3 is 10.3 Å². The van der Waals surface area contributed by atoms with Crippen molar-refractivity contribution in [2.45, 2.75) is 32.7 Å². The van der Waals surface area contributed by atoms with Gasteiger partial charge in [0.25, 0.3) is 0 Å². The highest BCUT2D eigenvalue weighted by Gasteiger charge is 2.30. The molecule has 90 valence electrons. The van der Waals surface area contributed by atoms with Crippen LogP contribution in [0, 0.1) is 5.41 Å². The van der Waals surface area contributed by atoms with E-state index in [0.717, 1.165) is 13.1 Å². The number of para-hydroxylation sites is 1. The van der Waals surface area contributed by atoms with Crippen molar-refractivity contribution in [2.24, 2.45) is 5.41 Å². The fraction of sp³-hybridized carbons (Fsp3) is 0.467. The maximum Gasteiger partial charge on any atom is 0.0499 e. The third kappa shape index (κ3) is 2.09. The molecular formula is C15H20N2. The van der Waals surface area contributed by atoms with Crippen LogP contribution in [0.3, 0.4) is 0 Å². The summed E-state index contributed by atoms with van der Waals surface area (Å²) in [5.41, 5.74) is 3.21. The predicted molar refractivity (Wildman–Crippen MR) is 72.0 cm³/mol. The van der Waals surface area contributed by atoms with Gasteiger partial charge in [-0.05, 0) is 35.3 Å². The molecule has 17 heavy (non-hydrogen) atoms. The summed E-state index contributed by atoms with van der Waals surface area (Å²) in [6.07, 6.45) is 6.19. The van der Waals surface area contributed by atoms with Crippen molar-refractivity contribution in [1.82, 2.24) is 10.3 Å². The number of hydrogen-bond acceptors (Lipinski definition) is 1. The number of benzene rings is 1. The molecule has 1 aromatic carbocycles. The van der Waals surface area contributed by atoms with Gasteiger partial charge in [-0.1, -0.05) is 31.5 Å². The van der Waals surface area contributed by atoms with Gasteiger partial charge in [-0.15, -0.1) is 0 Å². The van der Waals surface area contributed by atoms with Crippen LogP contribution < -0.4 is 5.32 Å². The van der Waals surface area contributed by atoms with Gasteiger partial charge in [-0.2, -0.15) is 0 Å². The van der Waals surface area contributed by atoms with E-state index in [2.05, 4.69) is 41.5 Å². The van der Waals surface area contributed by atoms with Crippen molar-refractivity contribution < 1.29 is 0 Å². The molecule has 0 saturated heterocycles. The lowest BCUT2D eigenvalue weighted by molar-refractivity contribution is 0.156. The molecule has 1 heterocycles. The van der Waals surface area contributed by atoms with E-state index in [1.807, 2.05) is 6.20 Å². The van der Waals surface area contributed by atoms with Gasteiger partial charge >= 0.3 is 0 Å². The Morgan fingerprint density at radius 3 is 2.94 bits per heavy atom. The summed E-state index contributed by atoms with van der Waals surface area (Å²) < 4.78 is 0. The van der Waals surface area contributed by atoms with Crippen molar-refractivity contribution in [2.75, 3.05) is 6.54 Å². The van der Waals surface area contributed by atoms with Gasteiger partial charge in [0.1, 0.15) is 0 Å². The maximum atomic E-state index is 3.61. The van der Waals surface area contributed by atoms with Crippen LogP contribution in [0.5, 0.6) is 0 Å². The largest absolute Gasteiger partial charge is 0.361 e. The third-order valence-corrected chi connectivity index (χ3v) is 4.10. The first kappa shape index (κ1) is 10.8. The monoisotopic (exact) mass is 228 g/mol. The second-order valence-corrected chi connectivity index (χ2v) is 5.63. The van der Waals surface area contributed by atoms with E-state index < -0.39 is 0 Å². The second kappa shape index (κ2) is 4.19. The molecule has 1 saturated carbocycles. The molecule has 1 aromatic heterocycles. The second-order valence-electron chi connectivity index (χ2n) is 5.63. The van der Waals surface area contributed by atoms with E-state index in [0.29, 0.717) is 5.41 Å². The molecule has 2 N–H and O–H groups in total. The van der Waals surface area contributed by atoms with Crippen LogP contribution >= 0.6 is 0 Å².